The van der Waals surface area contributed by atoms with E-state index in [-0.39, 0.29) is 16.9 Å². The summed E-state index contributed by atoms with van der Waals surface area (Å²) in [5.74, 6) is 0.332. The van der Waals surface area contributed by atoms with Gasteiger partial charge in [0.05, 0.1) is 31.4 Å². The molecular formula is C21H18N6O3. The number of aryl methyl sites for hydroxylation is 1. The van der Waals surface area contributed by atoms with Crippen LogP contribution in [-0.2, 0) is 6.98 Å². The second-order valence-corrected chi connectivity index (χ2v) is 6.20. The van der Waals surface area contributed by atoms with E-state index in [4.69, 9.17) is 8.85 Å². The Bertz CT molecular complexity index is 1360. The van der Waals surface area contributed by atoms with Gasteiger partial charge in [0.1, 0.15) is 5.69 Å². The maximum Gasteiger partial charge on any atom is 0.217 e. The first kappa shape index (κ1) is 15.7. The average molecular weight is 405 g/mol. The summed E-state index contributed by atoms with van der Waals surface area (Å²) >= 11 is 0. The summed E-state index contributed by atoms with van der Waals surface area (Å²) in [5.41, 5.74) is 0.215. The highest BCUT2D eigenvalue weighted by atomic mass is 16.5. The number of benzene rings is 1. The van der Waals surface area contributed by atoms with Crippen molar-refractivity contribution in [2.45, 2.75) is 6.92 Å². The van der Waals surface area contributed by atoms with E-state index in [0.717, 1.165) is 4.68 Å². The van der Waals surface area contributed by atoms with Crippen molar-refractivity contribution in [2.24, 2.45) is 6.98 Å². The third-order valence-corrected chi connectivity index (χ3v) is 4.18. The molecule has 0 spiro atoms. The maximum atomic E-state index is 13.1. The zero-order valence-electron chi connectivity index (χ0n) is 18.9. The second-order valence-electron chi connectivity index (χ2n) is 6.20. The minimum absolute atomic E-state index is 0.227. The molecule has 0 aliphatic carbocycles. The zero-order valence-corrected chi connectivity index (χ0v) is 15.9. The summed E-state index contributed by atoms with van der Waals surface area (Å²) in [6, 6.07) is 7.72. The highest BCUT2D eigenvalue weighted by Gasteiger charge is 2.17. The highest BCUT2D eigenvalue weighted by molar-refractivity contribution is 6.08. The van der Waals surface area contributed by atoms with E-state index in [0.29, 0.717) is 23.7 Å². The summed E-state index contributed by atoms with van der Waals surface area (Å²) in [5, 5.41) is 7.91. The fourth-order valence-electron chi connectivity index (χ4n) is 2.78. The molecule has 30 heavy (non-hydrogen) atoms. The quantitative estimate of drug-likeness (QED) is 0.452. The molecule has 0 fully saturated rings. The summed E-state index contributed by atoms with van der Waals surface area (Å²) in [6.45, 7) is -0.112. The van der Waals surface area contributed by atoms with Gasteiger partial charge >= 0.3 is 0 Å². The van der Waals surface area contributed by atoms with Crippen molar-refractivity contribution in [1.29, 1.82) is 0 Å². The molecule has 0 N–H and O–H groups in total. The summed E-state index contributed by atoms with van der Waals surface area (Å²) < 4.78 is 29.6. The fraction of sp³-hybridized carbons (Fsp3) is 0.143. The third kappa shape index (κ3) is 3.86. The fourth-order valence-corrected chi connectivity index (χ4v) is 2.78. The van der Waals surface area contributed by atoms with Crippen LogP contribution in [0.25, 0.3) is 17.1 Å². The number of hydrogen-bond donors (Lipinski definition) is 0. The van der Waals surface area contributed by atoms with Crippen molar-refractivity contribution in [1.82, 2.24) is 29.5 Å². The van der Waals surface area contributed by atoms with Crippen LogP contribution >= 0.6 is 0 Å². The Morgan fingerprint density at radius 2 is 2.03 bits per heavy atom. The second kappa shape index (κ2) is 8.08. The van der Waals surface area contributed by atoms with E-state index in [1.807, 2.05) is 6.92 Å². The van der Waals surface area contributed by atoms with E-state index >= 15 is 0 Å². The average Bonchev–Trinajstić information content (AvgIpc) is 3.31. The Balaban J connectivity index is 1.66. The molecule has 0 aliphatic heterocycles. The number of hydrogen-bond acceptors (Lipinski definition) is 7. The van der Waals surface area contributed by atoms with E-state index < -0.39 is 18.2 Å². The van der Waals surface area contributed by atoms with Crippen molar-refractivity contribution in [3.63, 3.8) is 0 Å². The van der Waals surface area contributed by atoms with E-state index in [2.05, 4.69) is 20.2 Å². The lowest BCUT2D eigenvalue weighted by molar-refractivity contribution is 0.103. The van der Waals surface area contributed by atoms with E-state index in [1.165, 1.54) is 41.7 Å². The van der Waals surface area contributed by atoms with Gasteiger partial charge in [-0.2, -0.15) is 10.2 Å². The van der Waals surface area contributed by atoms with Crippen LogP contribution in [0.3, 0.4) is 0 Å². The molecule has 0 bridgehead atoms. The maximum absolute atomic E-state index is 13.1. The van der Waals surface area contributed by atoms with Gasteiger partial charge in [-0.25, -0.2) is 14.6 Å². The largest absolute Gasteiger partial charge is 0.491 e. The monoisotopic (exact) mass is 405 g/mol. The molecule has 4 aromatic rings. The van der Waals surface area contributed by atoms with Gasteiger partial charge in [-0.15, -0.1) is 0 Å². The Kier molecular flexibility index (Phi) is 4.24. The molecule has 150 valence electrons. The Hall–Kier alpha value is -4.14. The lowest BCUT2D eigenvalue weighted by atomic mass is 10.0. The molecule has 0 unspecified atom stereocenters. The minimum atomic E-state index is -2.46. The Labute approximate surface area is 175 Å². The molecule has 9 nitrogen and oxygen atoms in total. The van der Waals surface area contributed by atoms with Crippen LogP contribution in [0, 0.1) is 0 Å². The molecule has 4 rings (SSSR count). The summed E-state index contributed by atoms with van der Waals surface area (Å²) in [7, 11) is 0. The number of nitrogens with zero attached hydrogens (tertiary/aromatic N) is 6. The Morgan fingerprint density at radius 1 is 1.20 bits per heavy atom. The minimum Gasteiger partial charge on any atom is -0.491 e. The lowest BCUT2D eigenvalue weighted by Gasteiger charge is -2.07. The van der Waals surface area contributed by atoms with Gasteiger partial charge in [-0.05, 0) is 13.0 Å². The molecule has 3 heterocycles. The first-order valence-corrected chi connectivity index (χ1v) is 9.02. The zero-order chi connectivity index (χ0) is 23.6. The standard InChI is InChI=1S/C21H18N6O3/c1-3-30-17-11-22-21(23-12-17)15-6-4-5-14(9-15)20(29)19-18(28)7-8-27(25-19)16-10-24-26(2)13-16/h4-13H,3H2,1-2H3/i2D3. The molecule has 0 aliphatic rings. The summed E-state index contributed by atoms with van der Waals surface area (Å²) in [4.78, 5) is 34.0. The highest BCUT2D eigenvalue weighted by Crippen LogP contribution is 2.19. The smallest absolute Gasteiger partial charge is 0.217 e. The molecule has 1 aromatic carbocycles. The molecule has 0 atom stereocenters. The van der Waals surface area contributed by atoms with Gasteiger partial charge in [0, 0.05) is 34.5 Å². The van der Waals surface area contributed by atoms with Crippen molar-refractivity contribution in [2.75, 3.05) is 6.61 Å². The number of ether oxygens (including phenoxy) is 1. The predicted octanol–water partition coefficient (Wildman–Crippen LogP) is 2.05. The van der Waals surface area contributed by atoms with Crippen LogP contribution in [0.15, 0.2) is 66.1 Å². The predicted molar refractivity (Wildman–Crippen MR) is 109 cm³/mol. The van der Waals surface area contributed by atoms with Crippen molar-refractivity contribution >= 4 is 5.78 Å². The molecule has 0 saturated carbocycles. The number of aromatic nitrogens is 6. The molecular weight excluding hydrogens is 384 g/mol. The molecule has 0 amide bonds. The van der Waals surface area contributed by atoms with Gasteiger partial charge in [-0.1, -0.05) is 18.2 Å². The molecule has 3 aromatic heterocycles. The van der Waals surface area contributed by atoms with Crippen molar-refractivity contribution < 1.29 is 13.6 Å². The van der Waals surface area contributed by atoms with Crippen LogP contribution in [0.2, 0.25) is 0 Å². The molecule has 9 heteroatoms. The van der Waals surface area contributed by atoms with Gasteiger partial charge in [0.25, 0.3) is 0 Å². The first-order chi connectivity index (χ1) is 15.8. The van der Waals surface area contributed by atoms with Crippen molar-refractivity contribution in [3.8, 4) is 22.8 Å². The topological polar surface area (TPSA) is 105 Å². The number of carbonyl (C=O) groups excluding carboxylic acids is 1. The first-order valence-electron chi connectivity index (χ1n) is 10.5. The third-order valence-electron chi connectivity index (χ3n) is 4.18. The number of ketones is 1. The van der Waals surface area contributed by atoms with Crippen LogP contribution in [0.4, 0.5) is 0 Å². The van der Waals surface area contributed by atoms with Gasteiger partial charge in [0.2, 0.25) is 11.2 Å². The van der Waals surface area contributed by atoms with Gasteiger partial charge in [0.15, 0.2) is 17.3 Å². The van der Waals surface area contributed by atoms with Crippen molar-refractivity contribution in [3.05, 3.63) is 82.8 Å². The van der Waals surface area contributed by atoms with E-state index in [1.54, 1.807) is 24.3 Å². The van der Waals surface area contributed by atoms with Crippen LogP contribution in [0.1, 0.15) is 27.1 Å². The van der Waals surface area contributed by atoms with Crippen LogP contribution in [0.5, 0.6) is 5.75 Å². The molecule has 0 radical (unpaired) electrons. The SMILES string of the molecule is [2H]C([2H])([2H])n1cc(-n2ccc(=O)c(C(=O)c3cccc(-c4ncc(OCC)cn4)c3)n2)cn1. The summed E-state index contributed by atoms with van der Waals surface area (Å²) in [6.07, 6.45) is 6.95. The van der Waals surface area contributed by atoms with Gasteiger partial charge < -0.3 is 4.74 Å². The number of rotatable bonds is 6. The van der Waals surface area contributed by atoms with Crippen LogP contribution < -0.4 is 10.2 Å². The van der Waals surface area contributed by atoms with E-state index in [9.17, 15) is 9.59 Å². The Morgan fingerprint density at radius 3 is 2.77 bits per heavy atom. The lowest BCUT2D eigenvalue weighted by Crippen LogP contribution is -2.21. The van der Waals surface area contributed by atoms with Gasteiger partial charge in [-0.3, -0.25) is 14.3 Å². The van der Waals surface area contributed by atoms with Crippen LogP contribution in [-0.4, -0.2) is 41.9 Å². The molecule has 0 saturated heterocycles. The normalized spacial score (nSPS) is 12.6. The number of carbonyl (C=O) groups is 1.